The first kappa shape index (κ1) is 17.2. The Morgan fingerprint density at radius 1 is 1.14 bits per heavy atom. The molecule has 0 aromatic heterocycles. The van der Waals surface area contributed by atoms with Crippen LogP contribution in [0.15, 0.2) is 18.2 Å². The van der Waals surface area contributed by atoms with Crippen molar-refractivity contribution in [1.29, 1.82) is 0 Å². The molecular weight excluding hydrogens is 268 g/mol. The van der Waals surface area contributed by atoms with Crippen LogP contribution in [0.5, 0.6) is 5.75 Å². The summed E-state index contributed by atoms with van der Waals surface area (Å²) in [7, 11) is 0. The predicted molar refractivity (Wildman–Crippen MR) is 82.1 cm³/mol. The molecule has 4 heteroatoms. The largest absolute Gasteiger partial charge is 0.490 e. The highest BCUT2D eigenvalue weighted by molar-refractivity contribution is 5.99. The van der Waals surface area contributed by atoms with Crippen molar-refractivity contribution in [2.75, 3.05) is 0 Å². The van der Waals surface area contributed by atoms with Gasteiger partial charge in [0.15, 0.2) is 5.78 Å². The minimum atomic E-state index is -0.877. The van der Waals surface area contributed by atoms with Crippen molar-refractivity contribution >= 4 is 11.8 Å². The molecule has 0 fully saturated rings. The number of carbonyl (C=O) groups is 2. The number of ether oxygens (including phenoxy) is 1. The third-order valence-electron chi connectivity index (χ3n) is 3.13. The summed E-state index contributed by atoms with van der Waals surface area (Å²) in [6.07, 6.45) is 0.569. The molecule has 0 bridgehead atoms. The maximum absolute atomic E-state index is 12.3. The van der Waals surface area contributed by atoms with Gasteiger partial charge in [0.25, 0.3) is 0 Å². The standard InChI is InChI=1S/C17H24O4/c1-11(2)13-8-9-16(21-12(3)4)14(10-13)15(18)6-5-7-17(19)20/h8-12H,5-7H2,1-4H3,(H,19,20). The molecule has 0 aliphatic carbocycles. The van der Waals surface area contributed by atoms with Gasteiger partial charge in [-0.05, 0) is 43.9 Å². The molecule has 0 atom stereocenters. The van der Waals surface area contributed by atoms with E-state index < -0.39 is 5.97 Å². The third-order valence-corrected chi connectivity index (χ3v) is 3.13. The molecule has 21 heavy (non-hydrogen) atoms. The first-order chi connectivity index (χ1) is 9.81. The van der Waals surface area contributed by atoms with Crippen LogP contribution in [0.1, 0.15) is 68.8 Å². The first-order valence-corrected chi connectivity index (χ1v) is 7.36. The quantitative estimate of drug-likeness (QED) is 0.735. The maximum atomic E-state index is 12.3. The zero-order valence-electron chi connectivity index (χ0n) is 13.2. The highest BCUT2D eigenvalue weighted by atomic mass is 16.5. The van der Waals surface area contributed by atoms with Gasteiger partial charge in [-0.25, -0.2) is 0 Å². The molecule has 0 aliphatic heterocycles. The summed E-state index contributed by atoms with van der Waals surface area (Å²) in [5, 5.41) is 8.65. The van der Waals surface area contributed by atoms with E-state index in [-0.39, 0.29) is 24.7 Å². The van der Waals surface area contributed by atoms with Crippen molar-refractivity contribution in [3.05, 3.63) is 29.3 Å². The normalized spacial score (nSPS) is 11.0. The Hall–Kier alpha value is -1.84. The molecule has 0 saturated carbocycles. The topological polar surface area (TPSA) is 63.6 Å². The molecule has 1 aromatic carbocycles. The molecule has 1 N–H and O–H groups in total. The number of carboxylic acids is 1. The average Bonchev–Trinajstić information content (AvgIpc) is 2.37. The first-order valence-electron chi connectivity index (χ1n) is 7.36. The van der Waals surface area contributed by atoms with Crippen LogP contribution in [0.4, 0.5) is 0 Å². The lowest BCUT2D eigenvalue weighted by Crippen LogP contribution is -2.11. The molecule has 0 saturated heterocycles. The minimum absolute atomic E-state index is 0.00990. The third kappa shape index (κ3) is 5.58. The molecular formula is C17H24O4. The van der Waals surface area contributed by atoms with E-state index in [1.807, 2.05) is 32.0 Å². The lowest BCUT2D eigenvalue weighted by atomic mass is 9.96. The summed E-state index contributed by atoms with van der Waals surface area (Å²) < 4.78 is 5.69. The smallest absolute Gasteiger partial charge is 0.303 e. The van der Waals surface area contributed by atoms with E-state index in [0.717, 1.165) is 5.56 Å². The molecule has 0 radical (unpaired) electrons. The second-order valence-electron chi connectivity index (χ2n) is 5.75. The summed E-state index contributed by atoms with van der Waals surface area (Å²) in [6, 6.07) is 5.67. The maximum Gasteiger partial charge on any atom is 0.303 e. The Kier molecular flexibility index (Phi) is 6.40. The molecule has 116 valence electrons. The number of carboxylic acid groups (broad SMARTS) is 1. The fourth-order valence-electron chi connectivity index (χ4n) is 2.02. The molecule has 0 amide bonds. The number of rotatable bonds is 8. The van der Waals surface area contributed by atoms with Gasteiger partial charge in [0.05, 0.1) is 11.7 Å². The molecule has 4 nitrogen and oxygen atoms in total. The van der Waals surface area contributed by atoms with Crippen LogP contribution >= 0.6 is 0 Å². The molecule has 0 heterocycles. The van der Waals surface area contributed by atoms with Crippen molar-refractivity contribution in [3.63, 3.8) is 0 Å². The second-order valence-corrected chi connectivity index (χ2v) is 5.75. The lowest BCUT2D eigenvalue weighted by molar-refractivity contribution is -0.137. The van der Waals surface area contributed by atoms with E-state index in [0.29, 0.717) is 23.7 Å². The summed E-state index contributed by atoms with van der Waals surface area (Å²) in [5.74, 6) is -0.0369. The van der Waals surface area contributed by atoms with Crippen LogP contribution in [-0.2, 0) is 4.79 Å². The van der Waals surface area contributed by atoms with Crippen molar-refractivity contribution in [2.24, 2.45) is 0 Å². The fraction of sp³-hybridized carbons (Fsp3) is 0.529. The highest BCUT2D eigenvalue weighted by Crippen LogP contribution is 2.27. The van der Waals surface area contributed by atoms with Crippen LogP contribution in [0.2, 0.25) is 0 Å². The van der Waals surface area contributed by atoms with Crippen molar-refractivity contribution in [3.8, 4) is 5.75 Å². The van der Waals surface area contributed by atoms with Crippen molar-refractivity contribution < 1.29 is 19.4 Å². The van der Waals surface area contributed by atoms with Gasteiger partial charge in [-0.3, -0.25) is 9.59 Å². The Morgan fingerprint density at radius 3 is 2.33 bits per heavy atom. The zero-order chi connectivity index (χ0) is 16.0. The van der Waals surface area contributed by atoms with Crippen LogP contribution in [0.25, 0.3) is 0 Å². The fourth-order valence-corrected chi connectivity index (χ4v) is 2.02. The number of carbonyl (C=O) groups excluding carboxylic acids is 1. The van der Waals surface area contributed by atoms with E-state index in [4.69, 9.17) is 9.84 Å². The van der Waals surface area contributed by atoms with Gasteiger partial charge in [0, 0.05) is 12.8 Å². The second kappa shape index (κ2) is 7.81. The molecule has 0 unspecified atom stereocenters. The van der Waals surface area contributed by atoms with E-state index in [2.05, 4.69) is 13.8 Å². The zero-order valence-corrected chi connectivity index (χ0v) is 13.2. The number of Topliss-reactive ketones (excluding diaryl/α,β-unsaturated/α-hetero) is 1. The van der Waals surface area contributed by atoms with Crippen LogP contribution < -0.4 is 4.74 Å². The van der Waals surface area contributed by atoms with Crippen LogP contribution in [0.3, 0.4) is 0 Å². The number of hydrogen-bond acceptors (Lipinski definition) is 3. The van der Waals surface area contributed by atoms with Gasteiger partial charge in [-0.2, -0.15) is 0 Å². The summed E-state index contributed by atoms with van der Waals surface area (Å²) in [4.78, 5) is 22.9. The van der Waals surface area contributed by atoms with Crippen LogP contribution in [-0.4, -0.2) is 23.0 Å². The van der Waals surface area contributed by atoms with Gasteiger partial charge >= 0.3 is 5.97 Å². The van der Waals surface area contributed by atoms with E-state index in [9.17, 15) is 9.59 Å². The van der Waals surface area contributed by atoms with Gasteiger partial charge in [0.1, 0.15) is 5.75 Å². The van der Waals surface area contributed by atoms with E-state index in [1.54, 1.807) is 0 Å². The lowest BCUT2D eigenvalue weighted by Gasteiger charge is -2.16. The Morgan fingerprint density at radius 2 is 1.81 bits per heavy atom. The van der Waals surface area contributed by atoms with Crippen LogP contribution in [0, 0.1) is 0 Å². The Bertz CT molecular complexity index is 504. The molecule has 1 aromatic rings. The summed E-state index contributed by atoms with van der Waals surface area (Å²) in [5.41, 5.74) is 1.63. The van der Waals surface area contributed by atoms with Gasteiger partial charge < -0.3 is 9.84 Å². The number of ketones is 1. The van der Waals surface area contributed by atoms with Gasteiger partial charge in [-0.15, -0.1) is 0 Å². The SMILES string of the molecule is CC(C)Oc1ccc(C(C)C)cc1C(=O)CCCC(=O)O. The Balaban J connectivity index is 2.95. The minimum Gasteiger partial charge on any atom is -0.490 e. The van der Waals surface area contributed by atoms with E-state index in [1.165, 1.54) is 0 Å². The molecule has 0 aliphatic rings. The van der Waals surface area contributed by atoms with Crippen molar-refractivity contribution in [2.45, 2.75) is 59.0 Å². The average molecular weight is 292 g/mol. The highest BCUT2D eigenvalue weighted by Gasteiger charge is 2.16. The number of hydrogen-bond donors (Lipinski definition) is 1. The monoisotopic (exact) mass is 292 g/mol. The number of aliphatic carboxylic acids is 1. The molecule has 0 spiro atoms. The van der Waals surface area contributed by atoms with Gasteiger partial charge in [-0.1, -0.05) is 19.9 Å². The Labute approximate surface area is 126 Å². The predicted octanol–water partition coefficient (Wildman–Crippen LogP) is 4.03. The molecule has 1 rings (SSSR count). The number of benzene rings is 1. The van der Waals surface area contributed by atoms with Gasteiger partial charge in [0.2, 0.25) is 0 Å². The van der Waals surface area contributed by atoms with Crippen molar-refractivity contribution in [1.82, 2.24) is 0 Å². The summed E-state index contributed by atoms with van der Waals surface area (Å²) in [6.45, 7) is 7.96. The summed E-state index contributed by atoms with van der Waals surface area (Å²) >= 11 is 0. The van der Waals surface area contributed by atoms with E-state index >= 15 is 0 Å².